The molecule has 0 fully saturated rings. The second-order valence-corrected chi connectivity index (χ2v) is 5.72. The number of rotatable bonds is 8. The van der Waals surface area contributed by atoms with E-state index in [0.717, 1.165) is 25.1 Å². The number of hydrogen-bond acceptors (Lipinski definition) is 3. The number of fused-ring (bicyclic) bond motifs is 1. The number of nitriles is 1. The van der Waals surface area contributed by atoms with Gasteiger partial charge in [-0.15, -0.1) is 0 Å². The van der Waals surface area contributed by atoms with Crippen molar-refractivity contribution in [2.45, 2.75) is 57.9 Å². The number of aryl methyl sites for hydroxylation is 1. The number of benzene rings is 1. The van der Waals surface area contributed by atoms with Crippen molar-refractivity contribution < 1.29 is 4.74 Å². The van der Waals surface area contributed by atoms with Gasteiger partial charge in [0.25, 0.3) is 0 Å². The van der Waals surface area contributed by atoms with Gasteiger partial charge in [0.1, 0.15) is 5.75 Å². The maximum absolute atomic E-state index is 8.52. The van der Waals surface area contributed by atoms with E-state index in [1.807, 2.05) is 0 Å². The highest BCUT2D eigenvalue weighted by molar-refractivity contribution is 5.39. The maximum Gasteiger partial charge on any atom is 0.119 e. The molecule has 1 aliphatic carbocycles. The highest BCUT2D eigenvalue weighted by Crippen LogP contribution is 2.32. The smallest absolute Gasteiger partial charge is 0.119 e. The van der Waals surface area contributed by atoms with Crippen LogP contribution in [0.1, 0.15) is 62.6 Å². The summed E-state index contributed by atoms with van der Waals surface area (Å²) in [6, 6.07) is 9.18. The van der Waals surface area contributed by atoms with E-state index in [4.69, 9.17) is 10.00 Å². The number of hydrogen-bond donors (Lipinski definition) is 1. The molecule has 0 aromatic heterocycles. The lowest BCUT2D eigenvalue weighted by Gasteiger charge is -2.27. The van der Waals surface area contributed by atoms with Crippen molar-refractivity contribution in [1.29, 1.82) is 5.26 Å². The van der Waals surface area contributed by atoms with Crippen LogP contribution in [0, 0.1) is 11.3 Å². The van der Waals surface area contributed by atoms with Crippen LogP contribution in [0.3, 0.4) is 0 Å². The Morgan fingerprint density at radius 3 is 3.10 bits per heavy atom. The summed E-state index contributed by atoms with van der Waals surface area (Å²) in [7, 11) is 0. The van der Waals surface area contributed by atoms with Gasteiger partial charge in [-0.3, -0.25) is 0 Å². The Labute approximate surface area is 128 Å². The van der Waals surface area contributed by atoms with Crippen molar-refractivity contribution in [3.8, 4) is 11.8 Å². The number of unbranched alkanes of at least 4 members (excludes halogenated alkanes) is 2. The van der Waals surface area contributed by atoms with Crippen LogP contribution in [-0.4, -0.2) is 13.2 Å². The van der Waals surface area contributed by atoms with E-state index in [1.54, 1.807) is 0 Å². The van der Waals surface area contributed by atoms with Gasteiger partial charge in [0.15, 0.2) is 0 Å². The summed E-state index contributed by atoms with van der Waals surface area (Å²) in [5.74, 6) is 0.968. The lowest BCUT2D eigenvalue weighted by atomic mass is 9.87. The molecule has 1 aromatic carbocycles. The summed E-state index contributed by atoms with van der Waals surface area (Å²) in [6.45, 7) is 3.98. The molecule has 21 heavy (non-hydrogen) atoms. The van der Waals surface area contributed by atoms with Gasteiger partial charge in [-0.25, -0.2) is 0 Å². The molecular formula is C18H26N2O. The van der Waals surface area contributed by atoms with Gasteiger partial charge in [0.2, 0.25) is 0 Å². The van der Waals surface area contributed by atoms with Gasteiger partial charge in [-0.05, 0) is 68.3 Å². The van der Waals surface area contributed by atoms with Gasteiger partial charge in [0.05, 0.1) is 12.7 Å². The van der Waals surface area contributed by atoms with Crippen molar-refractivity contribution in [1.82, 2.24) is 5.32 Å². The molecule has 0 saturated heterocycles. The molecule has 2 rings (SSSR count). The summed E-state index contributed by atoms with van der Waals surface area (Å²) < 4.78 is 5.83. The van der Waals surface area contributed by atoms with Gasteiger partial charge >= 0.3 is 0 Å². The fraction of sp³-hybridized carbons (Fsp3) is 0.611. The molecule has 1 aromatic rings. The molecular weight excluding hydrogens is 260 g/mol. The van der Waals surface area contributed by atoms with Crippen LogP contribution in [-0.2, 0) is 6.42 Å². The Hall–Kier alpha value is -1.53. The van der Waals surface area contributed by atoms with Gasteiger partial charge in [-0.2, -0.15) is 5.26 Å². The molecule has 1 aliphatic rings. The first kappa shape index (κ1) is 15.9. The minimum atomic E-state index is 0.482. The van der Waals surface area contributed by atoms with Gasteiger partial charge in [0, 0.05) is 12.5 Å². The molecule has 0 aliphatic heterocycles. The molecule has 0 saturated carbocycles. The van der Waals surface area contributed by atoms with Crippen molar-refractivity contribution in [3.05, 3.63) is 29.3 Å². The Bertz CT molecular complexity index is 479. The molecule has 114 valence electrons. The molecule has 1 N–H and O–H groups in total. The second-order valence-electron chi connectivity index (χ2n) is 5.72. The van der Waals surface area contributed by atoms with Crippen LogP contribution >= 0.6 is 0 Å². The average Bonchev–Trinajstić information content (AvgIpc) is 2.52. The average molecular weight is 286 g/mol. The van der Waals surface area contributed by atoms with Crippen molar-refractivity contribution in [2.75, 3.05) is 13.2 Å². The lowest BCUT2D eigenvalue weighted by Crippen LogP contribution is -2.25. The zero-order chi connectivity index (χ0) is 14.9. The highest BCUT2D eigenvalue weighted by atomic mass is 16.5. The summed E-state index contributed by atoms with van der Waals surface area (Å²) in [6.07, 6.45) is 7.32. The van der Waals surface area contributed by atoms with E-state index in [9.17, 15) is 0 Å². The Balaban J connectivity index is 1.94. The zero-order valence-corrected chi connectivity index (χ0v) is 13.0. The minimum absolute atomic E-state index is 0.482. The standard InChI is InChI=1S/C18H26N2O/c1-2-12-20-18-8-6-7-15-9-10-16(14-17(15)18)21-13-5-3-4-11-19/h9-10,14,18,20H,2-8,12-13H2,1H3. The predicted octanol–water partition coefficient (Wildman–Crippen LogP) is 4.14. The molecule has 0 amide bonds. The van der Waals surface area contributed by atoms with Crippen LogP contribution in [0.5, 0.6) is 5.75 Å². The minimum Gasteiger partial charge on any atom is -0.494 e. The van der Waals surface area contributed by atoms with Crippen molar-refractivity contribution in [3.63, 3.8) is 0 Å². The van der Waals surface area contributed by atoms with E-state index in [0.29, 0.717) is 19.1 Å². The molecule has 0 radical (unpaired) electrons. The lowest BCUT2D eigenvalue weighted by molar-refractivity contribution is 0.306. The van der Waals surface area contributed by atoms with Gasteiger partial charge < -0.3 is 10.1 Å². The van der Waals surface area contributed by atoms with Crippen LogP contribution in [0.15, 0.2) is 18.2 Å². The summed E-state index contributed by atoms with van der Waals surface area (Å²) in [5, 5.41) is 12.2. The highest BCUT2D eigenvalue weighted by Gasteiger charge is 2.19. The Kier molecular flexibility index (Phi) is 6.56. The third kappa shape index (κ3) is 4.75. The fourth-order valence-electron chi connectivity index (χ4n) is 2.89. The number of nitrogens with one attached hydrogen (secondary N) is 1. The molecule has 3 nitrogen and oxygen atoms in total. The first-order valence-corrected chi connectivity index (χ1v) is 8.21. The van der Waals surface area contributed by atoms with Crippen LogP contribution in [0.25, 0.3) is 0 Å². The summed E-state index contributed by atoms with van der Waals surface area (Å²) >= 11 is 0. The van der Waals surface area contributed by atoms with Gasteiger partial charge in [-0.1, -0.05) is 13.0 Å². The normalized spacial score (nSPS) is 17.0. The van der Waals surface area contributed by atoms with E-state index in [2.05, 4.69) is 36.5 Å². The first-order valence-electron chi connectivity index (χ1n) is 8.21. The predicted molar refractivity (Wildman–Crippen MR) is 85.4 cm³/mol. The van der Waals surface area contributed by atoms with Crippen LogP contribution < -0.4 is 10.1 Å². The molecule has 0 spiro atoms. The number of ether oxygens (including phenoxy) is 1. The SMILES string of the molecule is CCCNC1CCCc2ccc(OCCCCC#N)cc21. The maximum atomic E-state index is 8.52. The van der Waals surface area contributed by atoms with Crippen molar-refractivity contribution >= 4 is 0 Å². The number of nitrogens with zero attached hydrogens (tertiary/aromatic N) is 1. The third-order valence-electron chi connectivity index (χ3n) is 4.02. The zero-order valence-electron chi connectivity index (χ0n) is 13.0. The summed E-state index contributed by atoms with van der Waals surface area (Å²) in [4.78, 5) is 0. The Morgan fingerprint density at radius 2 is 2.29 bits per heavy atom. The molecule has 0 bridgehead atoms. The monoisotopic (exact) mass is 286 g/mol. The van der Waals surface area contributed by atoms with E-state index in [-0.39, 0.29) is 0 Å². The summed E-state index contributed by atoms with van der Waals surface area (Å²) in [5.41, 5.74) is 2.89. The quantitative estimate of drug-likeness (QED) is 0.731. The molecule has 3 heteroatoms. The third-order valence-corrected chi connectivity index (χ3v) is 4.02. The largest absolute Gasteiger partial charge is 0.494 e. The van der Waals surface area contributed by atoms with Crippen molar-refractivity contribution in [2.24, 2.45) is 0 Å². The molecule has 1 atom stereocenters. The Morgan fingerprint density at radius 1 is 1.38 bits per heavy atom. The fourth-order valence-corrected chi connectivity index (χ4v) is 2.89. The molecule has 0 heterocycles. The molecule has 1 unspecified atom stereocenters. The van der Waals surface area contributed by atoms with E-state index < -0.39 is 0 Å². The van der Waals surface area contributed by atoms with E-state index >= 15 is 0 Å². The van der Waals surface area contributed by atoms with Crippen LogP contribution in [0.2, 0.25) is 0 Å². The van der Waals surface area contributed by atoms with E-state index in [1.165, 1.54) is 36.8 Å². The second kappa shape index (κ2) is 8.69. The topological polar surface area (TPSA) is 45.0 Å². The van der Waals surface area contributed by atoms with Crippen LogP contribution in [0.4, 0.5) is 0 Å². The first-order chi connectivity index (χ1) is 10.3.